The molecule has 2 heterocycles. The number of hydrogen-bond acceptors (Lipinski definition) is 6. The molecule has 2 aromatic carbocycles. The Morgan fingerprint density at radius 2 is 2.00 bits per heavy atom. The summed E-state index contributed by atoms with van der Waals surface area (Å²) in [5.41, 5.74) is 3.91. The number of amides is 1. The second kappa shape index (κ2) is 9.34. The molecule has 31 heavy (non-hydrogen) atoms. The molecule has 0 bridgehead atoms. The summed E-state index contributed by atoms with van der Waals surface area (Å²) in [4.78, 5) is 31.7. The van der Waals surface area contributed by atoms with Crippen molar-refractivity contribution >= 4 is 29.3 Å². The number of aryl methyl sites for hydroxylation is 2. The molecule has 8 heteroatoms. The maximum absolute atomic E-state index is 13.4. The Balaban J connectivity index is 1.56. The topological polar surface area (TPSA) is 88.2 Å². The van der Waals surface area contributed by atoms with Crippen LogP contribution in [0.2, 0.25) is 0 Å². The normalized spacial score (nSPS) is 16.0. The number of esters is 1. The number of thioether (sulfide) groups is 1. The van der Waals surface area contributed by atoms with Crippen molar-refractivity contribution in [3.63, 3.8) is 0 Å². The smallest absolute Gasteiger partial charge is 0.326 e. The maximum Gasteiger partial charge on any atom is 0.326 e. The highest BCUT2D eigenvalue weighted by Crippen LogP contribution is 2.34. The highest BCUT2D eigenvalue weighted by atomic mass is 32.2. The summed E-state index contributed by atoms with van der Waals surface area (Å²) in [5.74, 6) is 0.107. The van der Waals surface area contributed by atoms with E-state index in [-0.39, 0.29) is 19.1 Å². The van der Waals surface area contributed by atoms with Gasteiger partial charge in [0.1, 0.15) is 6.54 Å². The number of H-pyrrole nitrogens is 1. The molecule has 1 atom stereocenters. The van der Waals surface area contributed by atoms with Crippen molar-refractivity contribution < 1.29 is 14.3 Å². The molecule has 160 valence electrons. The van der Waals surface area contributed by atoms with E-state index in [9.17, 15) is 9.59 Å². The fourth-order valence-corrected chi connectivity index (χ4v) is 4.52. The van der Waals surface area contributed by atoms with E-state index in [1.807, 2.05) is 55.5 Å². The first-order valence-electron chi connectivity index (χ1n) is 10.3. The maximum atomic E-state index is 13.4. The summed E-state index contributed by atoms with van der Waals surface area (Å²) < 4.78 is 5.09. The summed E-state index contributed by atoms with van der Waals surface area (Å²) >= 11 is 1.32. The molecule has 1 N–H and O–H groups in total. The van der Waals surface area contributed by atoms with Gasteiger partial charge in [0.2, 0.25) is 11.1 Å². The van der Waals surface area contributed by atoms with Crippen LogP contribution < -0.4 is 4.90 Å². The zero-order valence-corrected chi connectivity index (χ0v) is 18.3. The second-order valence-electron chi connectivity index (χ2n) is 7.34. The number of nitrogens with zero attached hydrogens (tertiary/aromatic N) is 3. The molecule has 0 aliphatic carbocycles. The zero-order valence-electron chi connectivity index (χ0n) is 17.5. The van der Waals surface area contributed by atoms with Gasteiger partial charge in [0, 0.05) is 11.3 Å². The Kier molecular flexibility index (Phi) is 6.36. The fraction of sp³-hybridized carbons (Fsp3) is 0.304. The number of aromatic amines is 1. The first kappa shape index (κ1) is 21.1. The minimum Gasteiger partial charge on any atom is -0.465 e. The number of para-hydroxylation sites is 1. The Labute approximate surface area is 185 Å². The molecule has 1 aliphatic heterocycles. The third-order valence-corrected chi connectivity index (χ3v) is 6.25. The van der Waals surface area contributed by atoms with E-state index in [1.54, 1.807) is 6.92 Å². The van der Waals surface area contributed by atoms with Crippen LogP contribution in [0.15, 0.2) is 53.7 Å². The van der Waals surface area contributed by atoms with Crippen LogP contribution >= 0.6 is 11.8 Å². The average molecular weight is 437 g/mol. The van der Waals surface area contributed by atoms with Crippen LogP contribution in [0.5, 0.6) is 0 Å². The van der Waals surface area contributed by atoms with Crippen LogP contribution in [0.4, 0.5) is 5.69 Å². The third-order valence-electron chi connectivity index (χ3n) is 5.13. The number of ether oxygens (including phenoxy) is 1. The summed E-state index contributed by atoms with van der Waals surface area (Å²) in [6.45, 7) is 3.95. The number of nitrogens with one attached hydrogen (secondary N) is 1. The van der Waals surface area contributed by atoms with Crippen molar-refractivity contribution in [3.8, 4) is 11.4 Å². The Morgan fingerprint density at radius 1 is 1.23 bits per heavy atom. The van der Waals surface area contributed by atoms with Crippen LogP contribution in [0.3, 0.4) is 0 Å². The summed E-state index contributed by atoms with van der Waals surface area (Å²) in [5, 5.41) is 7.37. The van der Waals surface area contributed by atoms with E-state index in [4.69, 9.17) is 4.74 Å². The lowest BCUT2D eigenvalue weighted by atomic mass is 10.1. The molecule has 1 aliphatic rings. The molecular formula is C23H24N4O3S. The van der Waals surface area contributed by atoms with Gasteiger partial charge in [-0.3, -0.25) is 19.6 Å². The molecule has 0 unspecified atom stereocenters. The van der Waals surface area contributed by atoms with Crippen molar-refractivity contribution in [1.29, 1.82) is 0 Å². The number of rotatable bonds is 6. The first-order chi connectivity index (χ1) is 15.0. The Bertz CT molecular complexity index is 1080. The van der Waals surface area contributed by atoms with Gasteiger partial charge in [-0.15, -0.1) is 5.10 Å². The van der Waals surface area contributed by atoms with Gasteiger partial charge >= 0.3 is 5.97 Å². The largest absolute Gasteiger partial charge is 0.465 e. The monoisotopic (exact) mass is 436 g/mol. The molecule has 0 saturated heterocycles. The molecule has 0 spiro atoms. The molecule has 3 aromatic rings. The van der Waals surface area contributed by atoms with Crippen LogP contribution in [0.1, 0.15) is 24.5 Å². The van der Waals surface area contributed by atoms with Gasteiger partial charge in [0.05, 0.1) is 11.9 Å². The standard InChI is InChI=1S/C23H24N4O3S/c1-3-30-20(28)14-27-18-7-5-4-6-16(18)12-13-19(22(27)29)31-23-24-21(25-26-23)17-10-8-15(2)9-11-17/h4-11,19H,3,12-14H2,1-2H3,(H,24,25,26)/t19-/m1/s1. The molecule has 0 fully saturated rings. The number of hydrogen-bond donors (Lipinski definition) is 1. The van der Waals surface area contributed by atoms with E-state index in [1.165, 1.54) is 22.2 Å². The Morgan fingerprint density at radius 3 is 2.77 bits per heavy atom. The van der Waals surface area contributed by atoms with Crippen molar-refractivity contribution in [2.75, 3.05) is 18.1 Å². The van der Waals surface area contributed by atoms with Gasteiger partial charge in [-0.1, -0.05) is 59.8 Å². The van der Waals surface area contributed by atoms with E-state index in [0.29, 0.717) is 17.4 Å². The quantitative estimate of drug-likeness (QED) is 0.592. The number of carbonyl (C=O) groups is 2. The molecule has 1 aromatic heterocycles. The molecular weight excluding hydrogens is 412 g/mol. The molecule has 0 saturated carbocycles. The number of carbonyl (C=O) groups excluding carboxylic acids is 2. The first-order valence-corrected chi connectivity index (χ1v) is 11.1. The molecule has 4 rings (SSSR count). The van der Waals surface area contributed by atoms with Crippen molar-refractivity contribution in [2.45, 2.75) is 37.1 Å². The second-order valence-corrected chi connectivity index (χ2v) is 8.51. The highest BCUT2D eigenvalue weighted by molar-refractivity contribution is 8.00. The fourth-order valence-electron chi connectivity index (χ4n) is 3.56. The lowest BCUT2D eigenvalue weighted by molar-refractivity contribution is -0.142. The van der Waals surface area contributed by atoms with Crippen LogP contribution in [0, 0.1) is 6.92 Å². The predicted octanol–water partition coefficient (Wildman–Crippen LogP) is 3.78. The van der Waals surface area contributed by atoms with E-state index in [0.717, 1.165) is 23.2 Å². The third kappa shape index (κ3) is 4.80. The highest BCUT2D eigenvalue weighted by Gasteiger charge is 2.33. The van der Waals surface area contributed by atoms with Gasteiger partial charge in [-0.2, -0.15) is 0 Å². The zero-order chi connectivity index (χ0) is 21.8. The molecule has 7 nitrogen and oxygen atoms in total. The number of aromatic nitrogens is 3. The minimum atomic E-state index is -0.421. The number of anilines is 1. The van der Waals surface area contributed by atoms with Crippen molar-refractivity contribution in [2.24, 2.45) is 0 Å². The van der Waals surface area contributed by atoms with Gasteiger partial charge < -0.3 is 4.74 Å². The summed E-state index contributed by atoms with van der Waals surface area (Å²) in [6.07, 6.45) is 1.36. The van der Waals surface area contributed by atoms with Crippen LogP contribution in [-0.4, -0.2) is 45.5 Å². The number of fused-ring (bicyclic) bond motifs is 1. The summed E-state index contributed by atoms with van der Waals surface area (Å²) in [6, 6.07) is 15.7. The SMILES string of the molecule is CCOC(=O)CN1C(=O)[C@H](Sc2n[nH]c(-c3ccc(C)cc3)n2)CCc2ccccc21. The van der Waals surface area contributed by atoms with E-state index < -0.39 is 11.2 Å². The lowest BCUT2D eigenvalue weighted by Crippen LogP contribution is -2.41. The van der Waals surface area contributed by atoms with Gasteiger partial charge in [0.25, 0.3) is 0 Å². The Hall–Kier alpha value is -3.13. The van der Waals surface area contributed by atoms with Gasteiger partial charge in [-0.05, 0) is 38.3 Å². The van der Waals surface area contributed by atoms with E-state index in [2.05, 4.69) is 15.2 Å². The van der Waals surface area contributed by atoms with Crippen molar-refractivity contribution in [3.05, 3.63) is 59.7 Å². The van der Waals surface area contributed by atoms with Gasteiger partial charge in [0.15, 0.2) is 5.82 Å². The molecule has 0 radical (unpaired) electrons. The minimum absolute atomic E-state index is 0.108. The predicted molar refractivity (Wildman–Crippen MR) is 120 cm³/mol. The summed E-state index contributed by atoms with van der Waals surface area (Å²) in [7, 11) is 0. The molecule has 1 amide bonds. The van der Waals surface area contributed by atoms with E-state index >= 15 is 0 Å². The number of benzene rings is 2. The van der Waals surface area contributed by atoms with Crippen LogP contribution in [0.25, 0.3) is 11.4 Å². The lowest BCUT2D eigenvalue weighted by Gasteiger charge is -2.24. The van der Waals surface area contributed by atoms with Crippen LogP contribution in [-0.2, 0) is 20.7 Å². The van der Waals surface area contributed by atoms with Gasteiger partial charge in [-0.25, -0.2) is 4.98 Å². The van der Waals surface area contributed by atoms with Crippen molar-refractivity contribution in [1.82, 2.24) is 15.2 Å². The average Bonchev–Trinajstić information content (AvgIpc) is 3.19.